The number of rotatable bonds is 6. The van der Waals surface area contributed by atoms with Crippen molar-refractivity contribution in [2.75, 3.05) is 10.6 Å². The maximum Gasteiger partial charge on any atom is 0.226 e. The second-order valence-corrected chi connectivity index (χ2v) is 5.99. The van der Waals surface area contributed by atoms with E-state index in [0.29, 0.717) is 35.5 Å². The lowest BCUT2D eigenvalue weighted by molar-refractivity contribution is 0.388. The molecular formula is C19H16N8O. The Bertz CT molecular complexity index is 1110. The number of aromatic nitrogens is 5. The van der Waals surface area contributed by atoms with Gasteiger partial charge in [0, 0.05) is 17.8 Å². The summed E-state index contributed by atoms with van der Waals surface area (Å²) in [5, 5.41) is 26.7. The molecule has 28 heavy (non-hydrogen) atoms. The molecule has 0 bridgehead atoms. The summed E-state index contributed by atoms with van der Waals surface area (Å²) in [6.07, 6.45) is 1.56. The number of H-pyrrole nitrogens is 1. The molecule has 3 heterocycles. The van der Waals surface area contributed by atoms with Crippen molar-refractivity contribution >= 4 is 17.6 Å². The lowest BCUT2D eigenvalue weighted by Gasteiger charge is -2.13. The van der Waals surface area contributed by atoms with Crippen molar-refractivity contribution < 1.29 is 4.52 Å². The normalized spacial score (nSPS) is 10.4. The van der Waals surface area contributed by atoms with Gasteiger partial charge in [0.2, 0.25) is 5.95 Å². The highest BCUT2D eigenvalue weighted by atomic mass is 16.5. The molecule has 4 aromatic rings. The number of hydrogen-bond donors (Lipinski definition) is 3. The highest BCUT2D eigenvalue weighted by Crippen LogP contribution is 2.32. The second-order valence-electron chi connectivity index (χ2n) is 5.99. The number of aryl methyl sites for hydroxylation is 1. The lowest BCUT2D eigenvalue weighted by atomic mass is 10.0. The molecule has 4 rings (SSSR count). The maximum atomic E-state index is 9.70. The summed E-state index contributed by atoms with van der Waals surface area (Å²) in [6, 6.07) is 15.3. The summed E-state index contributed by atoms with van der Waals surface area (Å²) in [4.78, 5) is 8.92. The molecular weight excluding hydrogens is 356 g/mol. The van der Waals surface area contributed by atoms with Gasteiger partial charge in [-0.05, 0) is 12.5 Å². The molecule has 0 spiro atoms. The van der Waals surface area contributed by atoms with Gasteiger partial charge in [-0.1, -0.05) is 35.5 Å². The van der Waals surface area contributed by atoms with Gasteiger partial charge in [-0.2, -0.15) is 15.3 Å². The zero-order chi connectivity index (χ0) is 19.3. The molecule has 0 fully saturated rings. The van der Waals surface area contributed by atoms with Gasteiger partial charge in [-0.25, -0.2) is 4.98 Å². The monoisotopic (exact) mass is 372 g/mol. The first-order chi connectivity index (χ1) is 13.7. The smallest absolute Gasteiger partial charge is 0.226 e. The minimum atomic E-state index is 0.246. The SMILES string of the molecule is Cc1cc(Nc2nc(NCc3ccno3)nc(C#N)c2-c2ccccc2)n[nH]1. The van der Waals surface area contributed by atoms with E-state index in [0.717, 1.165) is 11.3 Å². The van der Waals surface area contributed by atoms with E-state index in [-0.39, 0.29) is 5.69 Å². The van der Waals surface area contributed by atoms with E-state index in [2.05, 4.69) is 42.0 Å². The zero-order valence-corrected chi connectivity index (χ0v) is 15.0. The second kappa shape index (κ2) is 7.59. The van der Waals surface area contributed by atoms with E-state index in [4.69, 9.17) is 4.52 Å². The van der Waals surface area contributed by atoms with Crippen molar-refractivity contribution in [1.29, 1.82) is 5.26 Å². The Morgan fingerprint density at radius 2 is 2.04 bits per heavy atom. The number of hydrogen-bond acceptors (Lipinski definition) is 8. The molecule has 9 heteroatoms. The Morgan fingerprint density at radius 3 is 2.71 bits per heavy atom. The average molecular weight is 372 g/mol. The number of benzene rings is 1. The van der Waals surface area contributed by atoms with Crippen LogP contribution in [0.4, 0.5) is 17.6 Å². The number of anilines is 3. The molecule has 0 amide bonds. The number of nitrogens with zero attached hydrogens (tertiary/aromatic N) is 5. The predicted octanol–water partition coefficient (Wildman–Crippen LogP) is 3.39. The predicted molar refractivity (Wildman–Crippen MR) is 103 cm³/mol. The van der Waals surface area contributed by atoms with E-state index in [1.807, 2.05) is 43.3 Å². The number of nitriles is 1. The topological polar surface area (TPSA) is 128 Å². The molecule has 0 radical (unpaired) electrons. The molecule has 138 valence electrons. The third kappa shape index (κ3) is 3.66. The van der Waals surface area contributed by atoms with Crippen molar-refractivity contribution in [2.24, 2.45) is 0 Å². The van der Waals surface area contributed by atoms with E-state index in [1.54, 1.807) is 12.3 Å². The standard InChI is InChI=1S/C19H16N8O/c1-12-9-16(27-26-12)24-18-17(13-5-3-2-4-6-13)15(10-20)23-19(25-18)21-11-14-7-8-22-28-14/h2-9H,11H2,1H3,(H3,21,23,24,25,26,27). The minimum Gasteiger partial charge on any atom is -0.360 e. The van der Waals surface area contributed by atoms with Gasteiger partial charge in [-0.15, -0.1) is 0 Å². The summed E-state index contributed by atoms with van der Waals surface area (Å²) in [5.41, 5.74) is 2.59. The molecule has 0 unspecified atom stereocenters. The average Bonchev–Trinajstić information content (AvgIpc) is 3.38. The van der Waals surface area contributed by atoms with Crippen LogP contribution < -0.4 is 10.6 Å². The Morgan fingerprint density at radius 1 is 1.18 bits per heavy atom. The quantitative estimate of drug-likeness (QED) is 0.470. The van der Waals surface area contributed by atoms with E-state index < -0.39 is 0 Å². The van der Waals surface area contributed by atoms with Gasteiger partial charge in [-0.3, -0.25) is 5.10 Å². The highest BCUT2D eigenvalue weighted by Gasteiger charge is 2.17. The van der Waals surface area contributed by atoms with E-state index in [9.17, 15) is 5.26 Å². The van der Waals surface area contributed by atoms with Crippen LogP contribution in [0.2, 0.25) is 0 Å². The summed E-state index contributed by atoms with van der Waals surface area (Å²) in [7, 11) is 0. The van der Waals surface area contributed by atoms with Gasteiger partial charge in [0.25, 0.3) is 0 Å². The molecule has 9 nitrogen and oxygen atoms in total. The van der Waals surface area contributed by atoms with Crippen LogP contribution in [-0.4, -0.2) is 25.3 Å². The first kappa shape index (κ1) is 17.2. The van der Waals surface area contributed by atoms with Crippen LogP contribution in [0.1, 0.15) is 17.1 Å². The minimum absolute atomic E-state index is 0.246. The van der Waals surface area contributed by atoms with Crippen LogP contribution in [0.15, 0.2) is 53.2 Å². The molecule has 3 aromatic heterocycles. The number of nitrogens with one attached hydrogen (secondary N) is 3. The van der Waals surface area contributed by atoms with Gasteiger partial charge >= 0.3 is 0 Å². The van der Waals surface area contributed by atoms with Gasteiger partial charge < -0.3 is 15.2 Å². The van der Waals surface area contributed by atoms with Crippen molar-refractivity contribution in [1.82, 2.24) is 25.3 Å². The molecule has 0 atom stereocenters. The van der Waals surface area contributed by atoms with E-state index >= 15 is 0 Å². The summed E-state index contributed by atoms with van der Waals surface area (Å²) < 4.78 is 5.07. The summed E-state index contributed by atoms with van der Waals surface area (Å²) >= 11 is 0. The summed E-state index contributed by atoms with van der Waals surface area (Å²) in [6.45, 7) is 2.25. The maximum absolute atomic E-state index is 9.70. The Labute approximate surface area is 160 Å². The first-order valence-electron chi connectivity index (χ1n) is 8.53. The van der Waals surface area contributed by atoms with E-state index in [1.165, 1.54) is 0 Å². The van der Waals surface area contributed by atoms with Crippen LogP contribution in [-0.2, 0) is 6.54 Å². The molecule has 0 aliphatic carbocycles. The van der Waals surface area contributed by atoms with Crippen LogP contribution in [0.3, 0.4) is 0 Å². The Balaban J connectivity index is 1.76. The first-order valence-corrected chi connectivity index (χ1v) is 8.53. The Kier molecular flexibility index (Phi) is 4.67. The third-order valence-electron chi connectivity index (χ3n) is 3.94. The molecule has 0 aliphatic heterocycles. The summed E-state index contributed by atoms with van der Waals surface area (Å²) in [5.74, 6) is 2.00. The fourth-order valence-electron chi connectivity index (χ4n) is 2.69. The highest BCUT2D eigenvalue weighted by molar-refractivity contribution is 5.82. The third-order valence-corrected chi connectivity index (χ3v) is 3.94. The molecule has 1 aromatic carbocycles. The van der Waals surface area contributed by atoms with Crippen LogP contribution in [0.5, 0.6) is 0 Å². The van der Waals surface area contributed by atoms with Gasteiger partial charge in [0.15, 0.2) is 17.3 Å². The zero-order valence-electron chi connectivity index (χ0n) is 15.0. The van der Waals surface area contributed by atoms with Gasteiger partial charge in [0.05, 0.1) is 18.3 Å². The molecule has 0 aliphatic rings. The van der Waals surface area contributed by atoms with Crippen LogP contribution in [0.25, 0.3) is 11.1 Å². The van der Waals surface area contributed by atoms with Gasteiger partial charge in [0.1, 0.15) is 11.9 Å². The fourth-order valence-corrected chi connectivity index (χ4v) is 2.69. The van der Waals surface area contributed by atoms with Crippen molar-refractivity contribution in [3.8, 4) is 17.2 Å². The van der Waals surface area contributed by atoms with Crippen molar-refractivity contribution in [3.05, 3.63) is 65.8 Å². The molecule has 0 saturated heterocycles. The Hall–Kier alpha value is -4.19. The lowest BCUT2D eigenvalue weighted by Crippen LogP contribution is -2.08. The largest absolute Gasteiger partial charge is 0.360 e. The molecule has 0 saturated carbocycles. The van der Waals surface area contributed by atoms with Crippen molar-refractivity contribution in [2.45, 2.75) is 13.5 Å². The molecule has 3 N–H and O–H groups in total. The van der Waals surface area contributed by atoms with Crippen LogP contribution in [0, 0.1) is 18.3 Å². The van der Waals surface area contributed by atoms with Crippen molar-refractivity contribution in [3.63, 3.8) is 0 Å². The fraction of sp³-hybridized carbons (Fsp3) is 0.105. The number of aromatic amines is 1. The van der Waals surface area contributed by atoms with Crippen LogP contribution >= 0.6 is 0 Å².